The van der Waals surface area contributed by atoms with E-state index in [2.05, 4.69) is 16.7 Å². The number of nitrogens with zero attached hydrogens (tertiary/aromatic N) is 2. The van der Waals surface area contributed by atoms with Crippen LogP contribution in [0.25, 0.3) is 0 Å². The van der Waals surface area contributed by atoms with E-state index in [0.717, 1.165) is 11.3 Å². The zero-order chi connectivity index (χ0) is 17.6. The van der Waals surface area contributed by atoms with Gasteiger partial charge in [0.25, 0.3) is 0 Å². The van der Waals surface area contributed by atoms with Crippen molar-refractivity contribution in [2.45, 2.75) is 12.8 Å². The zero-order valence-electron chi connectivity index (χ0n) is 13.7. The second-order valence-corrected chi connectivity index (χ2v) is 5.79. The summed E-state index contributed by atoms with van der Waals surface area (Å²) in [5.41, 5.74) is 3.14. The molecule has 6 heteroatoms. The molecule has 0 aliphatic carbocycles. The van der Waals surface area contributed by atoms with Gasteiger partial charge >= 0.3 is 6.03 Å². The van der Waals surface area contributed by atoms with Gasteiger partial charge in [-0.25, -0.2) is 4.79 Å². The lowest BCUT2D eigenvalue weighted by Gasteiger charge is -2.14. The Kier molecular flexibility index (Phi) is 4.95. The summed E-state index contributed by atoms with van der Waals surface area (Å²) in [6.07, 6.45) is 0.978. The minimum Gasteiger partial charge on any atom is -0.336 e. The summed E-state index contributed by atoms with van der Waals surface area (Å²) in [4.78, 5) is 25.4. The van der Waals surface area contributed by atoms with Gasteiger partial charge in [-0.2, -0.15) is 5.26 Å². The third kappa shape index (κ3) is 4.15. The van der Waals surface area contributed by atoms with Crippen LogP contribution in [-0.2, 0) is 11.2 Å². The molecule has 1 saturated heterocycles. The molecule has 0 aromatic heterocycles. The number of carbonyl (C=O) groups excluding carboxylic acids is 2. The van der Waals surface area contributed by atoms with Gasteiger partial charge in [0.05, 0.1) is 11.6 Å². The predicted molar refractivity (Wildman–Crippen MR) is 95.3 cm³/mol. The number of urea groups is 1. The minimum absolute atomic E-state index is 0.0731. The average molecular weight is 334 g/mol. The van der Waals surface area contributed by atoms with E-state index in [4.69, 9.17) is 5.26 Å². The van der Waals surface area contributed by atoms with Gasteiger partial charge in [0.2, 0.25) is 5.91 Å². The molecule has 1 aliphatic heterocycles. The number of aryl methyl sites for hydroxylation is 1. The number of rotatable bonds is 5. The fourth-order valence-electron chi connectivity index (χ4n) is 2.67. The van der Waals surface area contributed by atoms with Crippen LogP contribution < -0.4 is 15.5 Å². The van der Waals surface area contributed by atoms with E-state index in [1.54, 1.807) is 29.2 Å². The molecule has 0 saturated carbocycles. The van der Waals surface area contributed by atoms with Crippen LogP contribution in [0, 0.1) is 11.3 Å². The number of carbonyl (C=O) groups is 2. The summed E-state index contributed by atoms with van der Waals surface area (Å²) >= 11 is 0. The van der Waals surface area contributed by atoms with Crippen LogP contribution in [-0.4, -0.2) is 25.0 Å². The van der Waals surface area contributed by atoms with Gasteiger partial charge in [-0.1, -0.05) is 12.1 Å². The number of anilines is 2. The number of hydrogen-bond donors (Lipinski definition) is 2. The van der Waals surface area contributed by atoms with Crippen LogP contribution in [0.1, 0.15) is 17.5 Å². The van der Waals surface area contributed by atoms with E-state index in [1.165, 1.54) is 0 Å². The Morgan fingerprint density at radius 3 is 2.48 bits per heavy atom. The topological polar surface area (TPSA) is 85.2 Å². The average Bonchev–Trinajstić information content (AvgIpc) is 3.07. The Bertz CT molecular complexity index is 807. The summed E-state index contributed by atoms with van der Waals surface area (Å²) in [5, 5.41) is 14.4. The summed E-state index contributed by atoms with van der Waals surface area (Å²) < 4.78 is 0. The van der Waals surface area contributed by atoms with E-state index in [0.29, 0.717) is 37.2 Å². The predicted octanol–water partition coefficient (Wildman–Crippen LogP) is 2.66. The molecule has 1 aliphatic rings. The first-order valence-electron chi connectivity index (χ1n) is 8.10. The molecule has 25 heavy (non-hydrogen) atoms. The van der Waals surface area contributed by atoms with Crippen LogP contribution in [0.4, 0.5) is 16.2 Å². The van der Waals surface area contributed by atoms with E-state index in [9.17, 15) is 9.59 Å². The molecule has 1 heterocycles. The Labute approximate surface area is 146 Å². The largest absolute Gasteiger partial charge is 0.336 e. The van der Waals surface area contributed by atoms with E-state index in [-0.39, 0.29) is 11.9 Å². The van der Waals surface area contributed by atoms with Gasteiger partial charge in [0, 0.05) is 30.9 Å². The third-order valence-corrected chi connectivity index (χ3v) is 4.04. The van der Waals surface area contributed by atoms with Crippen molar-refractivity contribution in [2.24, 2.45) is 0 Å². The highest BCUT2D eigenvalue weighted by Crippen LogP contribution is 2.19. The van der Waals surface area contributed by atoms with Gasteiger partial charge in [-0.05, 0) is 48.4 Å². The molecule has 1 fully saturated rings. The summed E-state index contributed by atoms with van der Waals surface area (Å²) in [7, 11) is 0. The quantitative estimate of drug-likeness (QED) is 0.881. The number of nitriles is 1. The molecular formula is C19H18N4O2. The van der Waals surface area contributed by atoms with Crippen LogP contribution >= 0.6 is 0 Å². The molecule has 2 N–H and O–H groups in total. The molecule has 0 atom stereocenters. The Hall–Kier alpha value is -3.33. The molecule has 2 aromatic carbocycles. The van der Waals surface area contributed by atoms with Crippen molar-refractivity contribution in [3.8, 4) is 6.07 Å². The van der Waals surface area contributed by atoms with Gasteiger partial charge in [-0.15, -0.1) is 0 Å². The smallest absolute Gasteiger partial charge is 0.321 e. The first-order valence-corrected chi connectivity index (χ1v) is 8.10. The highest BCUT2D eigenvalue weighted by atomic mass is 16.2. The van der Waals surface area contributed by atoms with Gasteiger partial charge in [0.1, 0.15) is 0 Å². The number of hydrogen-bond acceptors (Lipinski definition) is 3. The number of nitrogens with one attached hydrogen (secondary N) is 2. The molecule has 0 unspecified atom stereocenters. The van der Waals surface area contributed by atoms with Crippen molar-refractivity contribution in [3.63, 3.8) is 0 Å². The maximum absolute atomic E-state index is 12.1. The van der Waals surface area contributed by atoms with Crippen LogP contribution in [0.3, 0.4) is 0 Å². The summed E-state index contributed by atoms with van der Waals surface area (Å²) in [6, 6.07) is 16.4. The van der Waals surface area contributed by atoms with Crippen LogP contribution in [0.5, 0.6) is 0 Å². The van der Waals surface area contributed by atoms with Crippen molar-refractivity contribution >= 4 is 23.3 Å². The lowest BCUT2D eigenvalue weighted by Crippen LogP contribution is -2.27. The molecular weight excluding hydrogens is 316 g/mol. The van der Waals surface area contributed by atoms with Crippen LogP contribution in [0.15, 0.2) is 48.5 Å². The van der Waals surface area contributed by atoms with Gasteiger partial charge in [0.15, 0.2) is 0 Å². The van der Waals surface area contributed by atoms with Gasteiger partial charge < -0.3 is 10.6 Å². The second-order valence-electron chi connectivity index (χ2n) is 5.79. The fraction of sp³-hybridized carbons (Fsp3) is 0.211. The first-order chi connectivity index (χ1) is 12.2. The fourth-order valence-corrected chi connectivity index (χ4v) is 2.67. The molecule has 126 valence electrons. The summed E-state index contributed by atoms with van der Waals surface area (Å²) in [6.45, 7) is 1.29. The Morgan fingerprint density at radius 1 is 1.16 bits per heavy atom. The highest BCUT2D eigenvalue weighted by Gasteiger charge is 2.20. The number of benzene rings is 2. The van der Waals surface area contributed by atoms with Crippen LogP contribution in [0.2, 0.25) is 0 Å². The third-order valence-electron chi connectivity index (χ3n) is 4.04. The van der Waals surface area contributed by atoms with E-state index >= 15 is 0 Å². The molecule has 3 rings (SSSR count). The Morgan fingerprint density at radius 2 is 1.88 bits per heavy atom. The standard InChI is InChI=1S/C19H18N4O2/c20-13-15-3-1-14(2-4-15)5-10-18(24)22-16-6-8-17(9-7-16)23-12-11-21-19(23)25/h1-4,6-9H,5,10-12H2,(H,21,25)(H,22,24). The van der Waals surface area contributed by atoms with Crippen molar-refractivity contribution in [2.75, 3.05) is 23.3 Å². The maximum Gasteiger partial charge on any atom is 0.321 e. The normalized spacial score (nSPS) is 13.2. The highest BCUT2D eigenvalue weighted by molar-refractivity contribution is 5.95. The first kappa shape index (κ1) is 16.5. The Balaban J connectivity index is 1.52. The lowest BCUT2D eigenvalue weighted by molar-refractivity contribution is -0.116. The molecule has 0 spiro atoms. The number of amides is 3. The zero-order valence-corrected chi connectivity index (χ0v) is 13.7. The monoisotopic (exact) mass is 334 g/mol. The van der Waals surface area contributed by atoms with Crippen molar-refractivity contribution in [3.05, 3.63) is 59.7 Å². The molecule has 0 bridgehead atoms. The maximum atomic E-state index is 12.1. The minimum atomic E-state index is -0.0980. The molecule has 6 nitrogen and oxygen atoms in total. The van der Waals surface area contributed by atoms with Gasteiger partial charge in [-0.3, -0.25) is 9.69 Å². The molecule has 3 amide bonds. The second kappa shape index (κ2) is 7.49. The van der Waals surface area contributed by atoms with Crippen molar-refractivity contribution < 1.29 is 9.59 Å². The van der Waals surface area contributed by atoms with Crippen molar-refractivity contribution in [1.29, 1.82) is 5.26 Å². The molecule has 0 radical (unpaired) electrons. The SMILES string of the molecule is N#Cc1ccc(CCC(=O)Nc2ccc(N3CCNC3=O)cc2)cc1. The summed E-state index contributed by atoms with van der Waals surface area (Å²) in [5.74, 6) is -0.0731. The lowest BCUT2D eigenvalue weighted by atomic mass is 10.1. The molecule has 2 aromatic rings. The van der Waals surface area contributed by atoms with E-state index in [1.807, 2.05) is 24.3 Å². The van der Waals surface area contributed by atoms with E-state index < -0.39 is 0 Å². The van der Waals surface area contributed by atoms with Crippen molar-refractivity contribution in [1.82, 2.24) is 5.32 Å².